The van der Waals surface area contributed by atoms with E-state index < -0.39 is 0 Å². The summed E-state index contributed by atoms with van der Waals surface area (Å²) in [4.78, 5) is 15.2. The number of hydrogen-bond donors (Lipinski definition) is 2. The Labute approximate surface area is 151 Å². The summed E-state index contributed by atoms with van der Waals surface area (Å²) in [5.74, 6) is 1.63. The summed E-state index contributed by atoms with van der Waals surface area (Å²) in [6.45, 7) is 4.27. The van der Waals surface area contributed by atoms with E-state index in [1.54, 1.807) is 0 Å². The van der Waals surface area contributed by atoms with Crippen molar-refractivity contribution in [3.05, 3.63) is 0 Å². The van der Waals surface area contributed by atoms with Gasteiger partial charge in [-0.3, -0.25) is 4.79 Å². The number of fused-ring (bicyclic) bond motifs is 2. The molecule has 3 N–H and O–H groups in total. The molecule has 1 heterocycles. The summed E-state index contributed by atoms with van der Waals surface area (Å²) in [5, 5.41) is 10.3. The number of rotatable bonds is 3. The van der Waals surface area contributed by atoms with Gasteiger partial charge in [0.15, 0.2) is 0 Å². The molecule has 5 heteroatoms. The van der Waals surface area contributed by atoms with Crippen LogP contribution >= 0.6 is 0 Å². The van der Waals surface area contributed by atoms with Gasteiger partial charge in [-0.2, -0.15) is 0 Å². The molecular formula is C20H34N2O3. The molecule has 25 heavy (non-hydrogen) atoms. The number of carbonyl (C=O) groups excluding carboxylic acids is 1. The Balaban J connectivity index is 1.36. The summed E-state index contributed by atoms with van der Waals surface area (Å²) >= 11 is 0. The van der Waals surface area contributed by atoms with Crippen molar-refractivity contribution in [3.8, 4) is 0 Å². The molecular weight excluding hydrogens is 316 g/mol. The number of aliphatic hydroxyl groups excluding tert-OH is 1. The van der Waals surface area contributed by atoms with Crippen LogP contribution in [-0.4, -0.2) is 53.9 Å². The van der Waals surface area contributed by atoms with E-state index in [2.05, 4.69) is 4.90 Å². The molecule has 0 radical (unpaired) electrons. The third-order valence-electron chi connectivity index (χ3n) is 7.88. The van der Waals surface area contributed by atoms with Crippen LogP contribution in [0.4, 0.5) is 0 Å². The third kappa shape index (κ3) is 2.92. The molecule has 4 fully saturated rings. The van der Waals surface area contributed by atoms with Gasteiger partial charge in [0.2, 0.25) is 5.91 Å². The number of aliphatic hydroxyl groups is 1. The number of ether oxygens (including phenoxy) is 1. The molecule has 3 saturated carbocycles. The fourth-order valence-corrected chi connectivity index (χ4v) is 6.21. The zero-order valence-corrected chi connectivity index (χ0v) is 15.5. The molecule has 4 aliphatic rings. The first-order chi connectivity index (χ1) is 12.0. The normalized spacial score (nSPS) is 42.9. The average molecular weight is 351 g/mol. The highest BCUT2D eigenvalue weighted by Gasteiger charge is 2.56. The van der Waals surface area contributed by atoms with Crippen molar-refractivity contribution >= 4 is 5.91 Å². The van der Waals surface area contributed by atoms with Gasteiger partial charge in [0.05, 0.1) is 12.2 Å². The lowest BCUT2D eigenvalue weighted by Crippen LogP contribution is -2.63. The SMILES string of the molecule is CCOC1CC(O)C12CCN(C(=O)C1CC3CCCC(C1)C3N)CC2. The van der Waals surface area contributed by atoms with Crippen molar-refractivity contribution in [1.82, 2.24) is 4.90 Å². The minimum Gasteiger partial charge on any atom is -0.392 e. The highest BCUT2D eigenvalue weighted by molar-refractivity contribution is 5.79. The van der Waals surface area contributed by atoms with Crippen molar-refractivity contribution < 1.29 is 14.6 Å². The number of nitrogens with two attached hydrogens (primary N) is 1. The van der Waals surface area contributed by atoms with Gasteiger partial charge in [0.1, 0.15) is 0 Å². The molecule has 1 spiro atoms. The zero-order chi connectivity index (χ0) is 17.6. The van der Waals surface area contributed by atoms with Gasteiger partial charge in [-0.05, 0) is 57.3 Å². The predicted molar refractivity (Wildman–Crippen MR) is 95.8 cm³/mol. The molecule has 1 saturated heterocycles. The quantitative estimate of drug-likeness (QED) is 0.815. The molecule has 1 aliphatic heterocycles. The largest absolute Gasteiger partial charge is 0.392 e. The maximum absolute atomic E-state index is 13.1. The van der Waals surface area contributed by atoms with Gasteiger partial charge in [0.25, 0.3) is 0 Å². The standard InChI is InChI=1S/C20H34N2O3/c1-2-25-17-12-16(23)20(17)6-8-22(9-7-20)19(24)15-10-13-4-3-5-14(11-15)18(13)21/h13-18,23H,2-12,21H2,1H3. The zero-order valence-electron chi connectivity index (χ0n) is 15.5. The van der Waals surface area contributed by atoms with E-state index in [0.29, 0.717) is 30.4 Å². The second-order valence-corrected chi connectivity index (χ2v) is 8.95. The topological polar surface area (TPSA) is 75.8 Å². The highest BCUT2D eigenvalue weighted by Crippen LogP contribution is 2.51. The minimum absolute atomic E-state index is 0.0990. The second-order valence-electron chi connectivity index (χ2n) is 8.95. The first kappa shape index (κ1) is 17.7. The summed E-state index contributed by atoms with van der Waals surface area (Å²) in [5.41, 5.74) is 6.28. The van der Waals surface area contributed by atoms with Gasteiger partial charge in [-0.25, -0.2) is 0 Å². The summed E-state index contributed by atoms with van der Waals surface area (Å²) in [6.07, 6.45) is 8.10. The Bertz CT molecular complexity index is 487. The van der Waals surface area contributed by atoms with Gasteiger partial charge in [-0.15, -0.1) is 0 Å². The predicted octanol–water partition coefficient (Wildman–Crippen LogP) is 1.92. The van der Waals surface area contributed by atoms with Gasteiger partial charge < -0.3 is 20.5 Å². The number of carbonyl (C=O) groups is 1. The minimum atomic E-state index is -0.256. The lowest BCUT2D eigenvalue weighted by atomic mass is 9.58. The fraction of sp³-hybridized carbons (Fsp3) is 0.950. The van der Waals surface area contributed by atoms with E-state index >= 15 is 0 Å². The average Bonchev–Trinajstić information content (AvgIpc) is 2.61. The monoisotopic (exact) mass is 350 g/mol. The van der Waals surface area contributed by atoms with Crippen molar-refractivity contribution in [2.24, 2.45) is 28.9 Å². The van der Waals surface area contributed by atoms with Crippen LogP contribution in [0.25, 0.3) is 0 Å². The van der Waals surface area contributed by atoms with Crippen LogP contribution in [0, 0.1) is 23.2 Å². The maximum atomic E-state index is 13.1. The smallest absolute Gasteiger partial charge is 0.225 e. The molecule has 5 nitrogen and oxygen atoms in total. The van der Waals surface area contributed by atoms with Crippen LogP contribution in [0.2, 0.25) is 0 Å². The number of hydrogen-bond acceptors (Lipinski definition) is 4. The van der Waals surface area contributed by atoms with Gasteiger partial charge in [-0.1, -0.05) is 6.42 Å². The van der Waals surface area contributed by atoms with Crippen LogP contribution in [0.3, 0.4) is 0 Å². The Morgan fingerprint density at radius 1 is 1.20 bits per heavy atom. The Hall–Kier alpha value is -0.650. The number of piperidine rings is 1. The van der Waals surface area contributed by atoms with Crippen LogP contribution in [0.1, 0.15) is 58.3 Å². The molecule has 0 aromatic carbocycles. The molecule has 142 valence electrons. The number of likely N-dealkylation sites (tertiary alicyclic amines) is 1. The van der Waals surface area contributed by atoms with Gasteiger partial charge in [0, 0.05) is 43.5 Å². The van der Waals surface area contributed by atoms with Gasteiger partial charge >= 0.3 is 0 Å². The van der Waals surface area contributed by atoms with E-state index in [0.717, 1.165) is 45.2 Å². The molecule has 0 aromatic heterocycles. The van der Waals surface area contributed by atoms with E-state index in [1.807, 2.05) is 6.92 Å². The highest BCUT2D eigenvalue weighted by atomic mass is 16.5. The van der Waals surface area contributed by atoms with Crippen LogP contribution in [0.5, 0.6) is 0 Å². The summed E-state index contributed by atoms with van der Waals surface area (Å²) in [6, 6.07) is 0.319. The lowest BCUT2D eigenvalue weighted by Gasteiger charge is -2.57. The Morgan fingerprint density at radius 3 is 2.40 bits per heavy atom. The maximum Gasteiger partial charge on any atom is 0.225 e. The molecule has 3 aliphatic carbocycles. The van der Waals surface area contributed by atoms with Crippen molar-refractivity contribution in [3.63, 3.8) is 0 Å². The molecule has 1 amide bonds. The van der Waals surface area contributed by atoms with E-state index in [1.165, 1.54) is 19.3 Å². The van der Waals surface area contributed by atoms with Crippen LogP contribution in [-0.2, 0) is 9.53 Å². The van der Waals surface area contributed by atoms with E-state index in [4.69, 9.17) is 10.5 Å². The van der Waals surface area contributed by atoms with Crippen LogP contribution < -0.4 is 5.73 Å². The van der Waals surface area contributed by atoms with E-state index in [9.17, 15) is 9.90 Å². The molecule has 4 atom stereocenters. The lowest BCUT2D eigenvalue weighted by molar-refractivity contribution is -0.210. The molecule has 0 aromatic rings. The van der Waals surface area contributed by atoms with Crippen LogP contribution in [0.15, 0.2) is 0 Å². The molecule has 4 rings (SSSR count). The molecule has 2 bridgehead atoms. The van der Waals surface area contributed by atoms with Crippen molar-refractivity contribution in [2.75, 3.05) is 19.7 Å². The van der Waals surface area contributed by atoms with Crippen molar-refractivity contribution in [2.45, 2.75) is 76.5 Å². The summed E-state index contributed by atoms with van der Waals surface area (Å²) < 4.78 is 5.84. The second kappa shape index (κ2) is 6.82. The Morgan fingerprint density at radius 2 is 1.84 bits per heavy atom. The molecule has 4 unspecified atom stereocenters. The third-order valence-corrected chi connectivity index (χ3v) is 7.88. The number of nitrogens with zero attached hydrogens (tertiary/aromatic N) is 1. The first-order valence-corrected chi connectivity index (χ1v) is 10.4. The first-order valence-electron chi connectivity index (χ1n) is 10.4. The van der Waals surface area contributed by atoms with Crippen molar-refractivity contribution in [1.29, 1.82) is 0 Å². The summed E-state index contributed by atoms with van der Waals surface area (Å²) in [7, 11) is 0. The Kier molecular flexibility index (Phi) is 4.84. The number of amides is 1. The van der Waals surface area contributed by atoms with E-state index in [-0.39, 0.29) is 23.5 Å². The fourth-order valence-electron chi connectivity index (χ4n) is 6.21.